The summed E-state index contributed by atoms with van der Waals surface area (Å²) >= 11 is 4.21. The molecule has 0 bridgehead atoms. The lowest BCUT2D eigenvalue weighted by Gasteiger charge is -2.00. The number of thiazole rings is 1. The summed E-state index contributed by atoms with van der Waals surface area (Å²) < 4.78 is 8.09. The first-order chi connectivity index (χ1) is 15.9. The standard InChI is InChI=1S/C23H11BrN4O4S/c24-15-6-8-18(19(10-15)28(30)31)20-9-7-17(32-20)11-21-22(29)27(16-4-2-1-3-5-16)23(33-21)14(12-25)13-26/h1-11H/b21-11-. The second-order valence-corrected chi connectivity index (χ2v) is 8.56. The lowest BCUT2D eigenvalue weighted by molar-refractivity contribution is -0.384. The molecule has 0 saturated heterocycles. The zero-order valence-electron chi connectivity index (χ0n) is 16.6. The maximum Gasteiger partial charge on any atom is 0.281 e. The Morgan fingerprint density at radius 1 is 1.12 bits per heavy atom. The minimum Gasteiger partial charge on any atom is -0.456 e. The molecule has 160 valence electrons. The van der Waals surface area contributed by atoms with Crippen molar-refractivity contribution in [3.63, 3.8) is 0 Å². The Morgan fingerprint density at radius 3 is 2.52 bits per heavy atom. The Balaban J connectivity index is 1.90. The van der Waals surface area contributed by atoms with E-state index in [-0.39, 0.29) is 26.2 Å². The van der Waals surface area contributed by atoms with Crippen LogP contribution in [0.25, 0.3) is 28.7 Å². The summed E-state index contributed by atoms with van der Waals surface area (Å²) in [7, 11) is 0. The van der Waals surface area contributed by atoms with Crippen molar-refractivity contribution in [3.05, 3.63) is 101 Å². The van der Waals surface area contributed by atoms with E-state index < -0.39 is 10.5 Å². The molecule has 0 amide bonds. The zero-order valence-corrected chi connectivity index (χ0v) is 19.0. The maximum atomic E-state index is 13.2. The summed E-state index contributed by atoms with van der Waals surface area (Å²) in [6.45, 7) is 0. The van der Waals surface area contributed by atoms with Crippen LogP contribution in [0.3, 0.4) is 0 Å². The number of halogens is 1. The number of hydrogen-bond donors (Lipinski definition) is 0. The van der Waals surface area contributed by atoms with E-state index in [4.69, 9.17) is 4.42 Å². The average Bonchev–Trinajstić information content (AvgIpc) is 3.40. The molecule has 0 aliphatic carbocycles. The molecule has 0 fully saturated rings. The number of hydrogen-bond acceptors (Lipinski definition) is 7. The number of aromatic nitrogens is 1. The number of nitriles is 2. The molecule has 33 heavy (non-hydrogen) atoms. The highest BCUT2D eigenvalue weighted by Crippen LogP contribution is 2.33. The lowest BCUT2D eigenvalue weighted by Crippen LogP contribution is -2.30. The first kappa shape index (κ1) is 22.0. The highest BCUT2D eigenvalue weighted by molar-refractivity contribution is 9.10. The van der Waals surface area contributed by atoms with Crippen LogP contribution in [-0.2, 0) is 0 Å². The topological polar surface area (TPSA) is 126 Å². The van der Waals surface area contributed by atoms with Gasteiger partial charge in [-0.15, -0.1) is 11.3 Å². The predicted molar refractivity (Wildman–Crippen MR) is 126 cm³/mol. The minimum absolute atomic E-state index is 0.127. The molecule has 2 aromatic heterocycles. The fraction of sp³-hybridized carbons (Fsp3) is 0. The second kappa shape index (κ2) is 9.09. The number of nitro groups is 1. The summed E-state index contributed by atoms with van der Waals surface area (Å²) in [5.74, 6) is 0.560. The minimum atomic E-state index is -0.503. The van der Waals surface area contributed by atoms with Gasteiger partial charge in [-0.1, -0.05) is 34.1 Å². The third-order valence-corrected chi connectivity index (χ3v) is 6.18. The molecule has 4 rings (SSSR count). The van der Waals surface area contributed by atoms with Gasteiger partial charge < -0.3 is 4.42 Å². The molecule has 2 aromatic carbocycles. The summed E-state index contributed by atoms with van der Waals surface area (Å²) in [5, 5.41) is 30.1. The molecule has 8 nitrogen and oxygen atoms in total. The van der Waals surface area contributed by atoms with Crippen molar-refractivity contribution in [1.82, 2.24) is 4.57 Å². The Bertz CT molecular complexity index is 1640. The van der Waals surface area contributed by atoms with Crippen LogP contribution in [0.5, 0.6) is 0 Å². The summed E-state index contributed by atoms with van der Waals surface area (Å²) in [6.07, 6.45) is 1.48. The van der Waals surface area contributed by atoms with E-state index in [1.54, 1.807) is 54.6 Å². The quantitative estimate of drug-likeness (QED) is 0.298. The molecule has 0 saturated carbocycles. The molecule has 0 aliphatic rings. The Morgan fingerprint density at radius 2 is 1.85 bits per heavy atom. The van der Waals surface area contributed by atoms with Gasteiger partial charge in [-0.2, -0.15) is 10.5 Å². The van der Waals surface area contributed by atoms with Crippen molar-refractivity contribution in [3.8, 4) is 29.1 Å². The smallest absolute Gasteiger partial charge is 0.281 e. The van der Waals surface area contributed by atoms with Gasteiger partial charge in [0.25, 0.3) is 11.2 Å². The summed E-state index contributed by atoms with van der Waals surface area (Å²) in [6, 6.07) is 20.1. The SMILES string of the molecule is N#CC(C#N)=c1s/c(=C\c2ccc(-c3ccc(Br)cc3[N+](=O)[O-])o2)c(=O)n1-c1ccccc1. The van der Waals surface area contributed by atoms with Gasteiger partial charge in [0.1, 0.15) is 28.3 Å². The molecule has 0 unspecified atom stereocenters. The first-order valence-corrected chi connectivity index (χ1v) is 10.9. The molecule has 0 atom stereocenters. The first-order valence-electron chi connectivity index (χ1n) is 9.30. The van der Waals surface area contributed by atoms with Gasteiger partial charge in [-0.25, -0.2) is 0 Å². The molecule has 4 aromatic rings. The van der Waals surface area contributed by atoms with Crippen molar-refractivity contribution in [2.45, 2.75) is 0 Å². The Hall–Kier alpha value is -4.25. The number of nitro benzene ring substituents is 1. The number of furan rings is 1. The molecule has 0 N–H and O–H groups in total. The van der Waals surface area contributed by atoms with Gasteiger partial charge in [0.05, 0.1) is 20.7 Å². The molecular weight excluding hydrogens is 508 g/mol. The van der Waals surface area contributed by atoms with Gasteiger partial charge in [-0.05, 0) is 36.4 Å². The highest BCUT2D eigenvalue weighted by Gasteiger charge is 2.19. The molecule has 2 heterocycles. The number of rotatable bonds is 4. The van der Waals surface area contributed by atoms with Gasteiger partial charge in [0, 0.05) is 16.6 Å². The lowest BCUT2D eigenvalue weighted by atomic mass is 10.1. The van der Waals surface area contributed by atoms with Crippen molar-refractivity contribution < 1.29 is 9.34 Å². The van der Waals surface area contributed by atoms with Gasteiger partial charge in [-0.3, -0.25) is 19.5 Å². The van der Waals surface area contributed by atoms with E-state index in [9.17, 15) is 25.4 Å². The molecule has 10 heteroatoms. The fourth-order valence-corrected chi connectivity index (χ4v) is 4.53. The van der Waals surface area contributed by atoms with E-state index in [1.807, 2.05) is 12.1 Å². The van der Waals surface area contributed by atoms with E-state index >= 15 is 0 Å². The highest BCUT2D eigenvalue weighted by atomic mass is 79.9. The molecule has 0 spiro atoms. The Labute approximate surface area is 198 Å². The van der Waals surface area contributed by atoms with Crippen LogP contribution in [0.2, 0.25) is 0 Å². The predicted octanol–water partition coefficient (Wildman–Crippen LogP) is 3.86. The van der Waals surface area contributed by atoms with Crippen LogP contribution in [0, 0.1) is 32.8 Å². The van der Waals surface area contributed by atoms with E-state index in [2.05, 4.69) is 15.9 Å². The zero-order chi connectivity index (χ0) is 23.5. The van der Waals surface area contributed by atoms with Crippen LogP contribution in [0.4, 0.5) is 5.69 Å². The third-order valence-electron chi connectivity index (χ3n) is 4.60. The van der Waals surface area contributed by atoms with Crippen LogP contribution in [0.1, 0.15) is 5.76 Å². The van der Waals surface area contributed by atoms with Crippen LogP contribution >= 0.6 is 27.3 Å². The average molecular weight is 519 g/mol. The van der Waals surface area contributed by atoms with Crippen molar-refractivity contribution in [1.29, 1.82) is 10.5 Å². The van der Waals surface area contributed by atoms with E-state index in [1.165, 1.54) is 16.7 Å². The molecule has 0 aliphatic heterocycles. The van der Waals surface area contributed by atoms with Crippen LogP contribution in [0.15, 0.2) is 74.3 Å². The van der Waals surface area contributed by atoms with Crippen LogP contribution < -0.4 is 14.8 Å². The number of benzene rings is 2. The summed E-state index contributed by atoms with van der Waals surface area (Å²) in [4.78, 5) is 24.1. The summed E-state index contributed by atoms with van der Waals surface area (Å²) in [5.41, 5.74) is 0.0726. The normalized spacial score (nSPS) is 11.1. The number of para-hydroxylation sites is 1. The number of nitrogens with zero attached hydrogens (tertiary/aromatic N) is 4. The molecular formula is C23H11BrN4O4S. The van der Waals surface area contributed by atoms with Crippen LogP contribution in [-0.4, -0.2) is 9.49 Å². The van der Waals surface area contributed by atoms with Gasteiger partial charge >= 0.3 is 0 Å². The van der Waals surface area contributed by atoms with E-state index in [0.29, 0.717) is 21.5 Å². The van der Waals surface area contributed by atoms with Gasteiger partial charge in [0.2, 0.25) is 0 Å². The van der Waals surface area contributed by atoms with E-state index in [0.717, 1.165) is 11.3 Å². The maximum absolute atomic E-state index is 13.2. The monoisotopic (exact) mass is 518 g/mol. The van der Waals surface area contributed by atoms with Gasteiger partial charge in [0.15, 0.2) is 5.57 Å². The largest absolute Gasteiger partial charge is 0.456 e. The van der Waals surface area contributed by atoms with Crippen molar-refractivity contribution in [2.75, 3.05) is 0 Å². The molecule has 0 radical (unpaired) electrons. The van der Waals surface area contributed by atoms with Crippen molar-refractivity contribution >= 4 is 44.6 Å². The van der Waals surface area contributed by atoms with Crippen molar-refractivity contribution in [2.24, 2.45) is 0 Å². The second-order valence-electron chi connectivity index (χ2n) is 6.61. The Kier molecular flexibility index (Phi) is 6.05. The third kappa shape index (κ3) is 4.26. The fourth-order valence-electron chi connectivity index (χ4n) is 3.15.